The summed E-state index contributed by atoms with van der Waals surface area (Å²) in [4.78, 5) is 7.67. The van der Waals surface area contributed by atoms with Gasteiger partial charge in [-0.2, -0.15) is 0 Å². The second-order valence-corrected chi connectivity index (χ2v) is 4.76. The number of imidazole rings is 1. The summed E-state index contributed by atoms with van der Waals surface area (Å²) in [7, 11) is 0. The van der Waals surface area contributed by atoms with Crippen LogP contribution in [0.1, 0.15) is 49.6 Å². The van der Waals surface area contributed by atoms with Crippen molar-refractivity contribution in [2.75, 3.05) is 0 Å². The summed E-state index contributed by atoms with van der Waals surface area (Å²) < 4.78 is 5.52. The highest BCUT2D eigenvalue weighted by molar-refractivity contribution is 5.61. The zero-order chi connectivity index (χ0) is 13.1. The van der Waals surface area contributed by atoms with Gasteiger partial charge in [-0.3, -0.25) is 0 Å². The molecular weight excluding hydrogens is 226 g/mol. The van der Waals surface area contributed by atoms with Gasteiger partial charge in [0.15, 0.2) is 0 Å². The first-order chi connectivity index (χ1) is 8.61. The van der Waals surface area contributed by atoms with Gasteiger partial charge in [0.25, 0.3) is 0 Å². The molecule has 0 spiro atoms. The van der Waals surface area contributed by atoms with Crippen molar-refractivity contribution in [1.82, 2.24) is 9.97 Å². The van der Waals surface area contributed by atoms with Gasteiger partial charge in [0.05, 0.1) is 17.9 Å². The quantitative estimate of drug-likeness (QED) is 0.850. The summed E-state index contributed by atoms with van der Waals surface area (Å²) in [6.45, 7) is 6.07. The highest BCUT2D eigenvalue weighted by Gasteiger charge is 2.13. The topological polar surface area (TPSA) is 67.8 Å². The Labute approximate surface area is 108 Å². The Balaban J connectivity index is 2.17. The Kier molecular flexibility index (Phi) is 3.87. The maximum absolute atomic E-state index is 6.10. The number of rotatable bonds is 5. The molecule has 18 heavy (non-hydrogen) atoms. The number of aromatic nitrogens is 2. The summed E-state index contributed by atoms with van der Waals surface area (Å²) in [5, 5.41) is 0. The van der Waals surface area contributed by atoms with Crippen molar-refractivity contribution >= 4 is 0 Å². The molecule has 0 aliphatic rings. The Morgan fingerprint density at radius 3 is 2.83 bits per heavy atom. The molecule has 0 saturated carbocycles. The van der Waals surface area contributed by atoms with Crippen molar-refractivity contribution in [1.29, 1.82) is 0 Å². The van der Waals surface area contributed by atoms with Crippen molar-refractivity contribution in [3.8, 4) is 11.3 Å². The highest BCUT2D eigenvalue weighted by atomic mass is 16.3. The maximum atomic E-state index is 6.10. The van der Waals surface area contributed by atoms with Gasteiger partial charge in [-0.25, -0.2) is 4.98 Å². The lowest BCUT2D eigenvalue weighted by Gasteiger charge is -2.06. The minimum Gasteiger partial charge on any atom is -0.466 e. The van der Waals surface area contributed by atoms with E-state index in [1.165, 1.54) is 0 Å². The third-order valence-electron chi connectivity index (χ3n) is 3.15. The zero-order valence-corrected chi connectivity index (χ0v) is 11.3. The van der Waals surface area contributed by atoms with Crippen molar-refractivity contribution in [3.63, 3.8) is 0 Å². The fourth-order valence-electron chi connectivity index (χ4n) is 2.12. The van der Waals surface area contributed by atoms with E-state index in [-0.39, 0.29) is 6.04 Å². The van der Waals surface area contributed by atoms with Gasteiger partial charge in [0.2, 0.25) is 0 Å². The number of aromatic amines is 1. The average molecular weight is 247 g/mol. The van der Waals surface area contributed by atoms with Crippen LogP contribution in [0.3, 0.4) is 0 Å². The summed E-state index contributed by atoms with van der Waals surface area (Å²) in [5.74, 6) is 2.68. The highest BCUT2D eigenvalue weighted by Crippen LogP contribution is 2.26. The van der Waals surface area contributed by atoms with Crippen LogP contribution in [0.25, 0.3) is 11.3 Å². The van der Waals surface area contributed by atoms with Crippen LogP contribution in [0.2, 0.25) is 0 Å². The lowest BCUT2D eigenvalue weighted by atomic mass is 10.1. The maximum Gasteiger partial charge on any atom is 0.123 e. The molecule has 0 saturated heterocycles. The second kappa shape index (κ2) is 5.40. The lowest BCUT2D eigenvalue weighted by molar-refractivity contribution is 0.505. The summed E-state index contributed by atoms with van der Waals surface area (Å²) in [5.41, 5.74) is 8.14. The van der Waals surface area contributed by atoms with E-state index in [2.05, 4.69) is 16.9 Å². The molecule has 2 aromatic rings. The number of nitrogens with two attached hydrogens (primary N) is 1. The third kappa shape index (κ3) is 2.64. The molecule has 0 aromatic carbocycles. The van der Waals surface area contributed by atoms with E-state index in [0.717, 1.165) is 47.9 Å². The molecule has 0 fully saturated rings. The molecule has 0 radical (unpaired) electrons. The number of hydrogen-bond donors (Lipinski definition) is 2. The number of furan rings is 1. The minimum absolute atomic E-state index is 0.00740. The molecule has 4 heteroatoms. The number of nitrogens with one attached hydrogen (secondary N) is 1. The van der Waals surface area contributed by atoms with Gasteiger partial charge in [0, 0.05) is 5.56 Å². The standard InChI is InChI=1S/C14H21N3O/c1-4-5-6-12(15)14-16-8-13(17-14)11-7-9(2)18-10(11)3/h7-8,12H,4-6,15H2,1-3H3,(H,16,17). The van der Waals surface area contributed by atoms with Gasteiger partial charge in [0.1, 0.15) is 17.3 Å². The number of unbranched alkanes of at least 4 members (excludes halogenated alkanes) is 1. The van der Waals surface area contributed by atoms with E-state index < -0.39 is 0 Å². The lowest BCUT2D eigenvalue weighted by Crippen LogP contribution is -2.11. The van der Waals surface area contributed by atoms with Crippen LogP contribution in [0, 0.1) is 13.8 Å². The molecule has 2 rings (SSSR count). The largest absolute Gasteiger partial charge is 0.466 e. The molecular formula is C14H21N3O. The summed E-state index contributed by atoms with van der Waals surface area (Å²) in [6.07, 6.45) is 5.08. The molecule has 0 amide bonds. The first-order valence-corrected chi connectivity index (χ1v) is 6.49. The molecule has 0 aliphatic carbocycles. The Hall–Kier alpha value is -1.55. The van der Waals surface area contributed by atoms with Crippen molar-refractivity contribution in [3.05, 3.63) is 29.6 Å². The van der Waals surface area contributed by atoms with Gasteiger partial charge in [-0.15, -0.1) is 0 Å². The van der Waals surface area contributed by atoms with E-state index in [0.29, 0.717) is 0 Å². The molecule has 0 bridgehead atoms. The molecule has 3 N–H and O–H groups in total. The molecule has 2 aromatic heterocycles. The molecule has 0 aliphatic heterocycles. The van der Waals surface area contributed by atoms with E-state index in [9.17, 15) is 0 Å². The van der Waals surface area contributed by atoms with Crippen LogP contribution >= 0.6 is 0 Å². The van der Waals surface area contributed by atoms with Crippen molar-refractivity contribution in [2.45, 2.75) is 46.1 Å². The van der Waals surface area contributed by atoms with Crippen LogP contribution in [0.4, 0.5) is 0 Å². The van der Waals surface area contributed by atoms with Crippen LogP contribution in [-0.4, -0.2) is 9.97 Å². The third-order valence-corrected chi connectivity index (χ3v) is 3.15. The predicted molar refractivity (Wildman–Crippen MR) is 72.2 cm³/mol. The number of aryl methyl sites for hydroxylation is 2. The summed E-state index contributed by atoms with van der Waals surface area (Å²) >= 11 is 0. The van der Waals surface area contributed by atoms with E-state index in [1.54, 1.807) is 0 Å². The minimum atomic E-state index is -0.00740. The first kappa shape index (κ1) is 12.9. The number of H-pyrrole nitrogens is 1. The number of nitrogens with zero attached hydrogens (tertiary/aromatic N) is 1. The van der Waals surface area contributed by atoms with E-state index >= 15 is 0 Å². The molecule has 4 nitrogen and oxygen atoms in total. The normalized spacial score (nSPS) is 12.9. The molecule has 1 atom stereocenters. The van der Waals surface area contributed by atoms with Gasteiger partial charge < -0.3 is 15.1 Å². The van der Waals surface area contributed by atoms with Crippen LogP contribution in [0.5, 0.6) is 0 Å². The molecule has 1 unspecified atom stereocenters. The van der Waals surface area contributed by atoms with Crippen LogP contribution < -0.4 is 5.73 Å². The fraction of sp³-hybridized carbons (Fsp3) is 0.500. The van der Waals surface area contributed by atoms with Crippen molar-refractivity contribution < 1.29 is 4.42 Å². The summed E-state index contributed by atoms with van der Waals surface area (Å²) in [6, 6.07) is 2.01. The second-order valence-electron chi connectivity index (χ2n) is 4.76. The van der Waals surface area contributed by atoms with E-state index in [1.807, 2.05) is 26.1 Å². The predicted octanol–water partition coefficient (Wildman–Crippen LogP) is 3.48. The van der Waals surface area contributed by atoms with Crippen LogP contribution in [-0.2, 0) is 0 Å². The fourth-order valence-corrected chi connectivity index (χ4v) is 2.12. The number of hydrogen-bond acceptors (Lipinski definition) is 3. The Morgan fingerprint density at radius 1 is 1.44 bits per heavy atom. The molecule has 98 valence electrons. The SMILES string of the molecule is CCCCC(N)c1ncc(-c2cc(C)oc2C)[nH]1. The monoisotopic (exact) mass is 247 g/mol. The van der Waals surface area contributed by atoms with E-state index in [4.69, 9.17) is 10.2 Å². The first-order valence-electron chi connectivity index (χ1n) is 6.49. The van der Waals surface area contributed by atoms with Gasteiger partial charge in [-0.1, -0.05) is 19.8 Å². The van der Waals surface area contributed by atoms with Gasteiger partial charge >= 0.3 is 0 Å². The molecule has 2 heterocycles. The van der Waals surface area contributed by atoms with Gasteiger partial charge in [-0.05, 0) is 26.3 Å². The zero-order valence-electron chi connectivity index (χ0n) is 11.3. The Morgan fingerprint density at radius 2 is 2.22 bits per heavy atom. The Bertz CT molecular complexity index is 513. The van der Waals surface area contributed by atoms with Crippen molar-refractivity contribution in [2.24, 2.45) is 5.73 Å². The average Bonchev–Trinajstić information content (AvgIpc) is 2.92. The van der Waals surface area contributed by atoms with Crippen LogP contribution in [0.15, 0.2) is 16.7 Å². The smallest absolute Gasteiger partial charge is 0.123 e.